The van der Waals surface area contributed by atoms with Crippen LogP contribution in [0.3, 0.4) is 0 Å². The number of para-hydroxylation sites is 1. The number of carbonyl (C=O) groups is 2. The quantitative estimate of drug-likeness (QED) is 0.614. The monoisotopic (exact) mass is 440 g/mol. The van der Waals surface area contributed by atoms with Gasteiger partial charge in [0.1, 0.15) is 5.01 Å². The van der Waals surface area contributed by atoms with Crippen LogP contribution in [0.25, 0.3) is 0 Å². The van der Waals surface area contributed by atoms with Crippen LogP contribution in [0.4, 0.5) is 10.8 Å². The first-order valence-electron chi connectivity index (χ1n) is 9.79. The van der Waals surface area contributed by atoms with Crippen LogP contribution in [0.5, 0.6) is 0 Å². The molecule has 0 radical (unpaired) electrons. The number of aromatic nitrogens is 2. The van der Waals surface area contributed by atoms with Crippen molar-refractivity contribution in [2.75, 3.05) is 16.8 Å². The van der Waals surface area contributed by atoms with Gasteiger partial charge in [0.25, 0.3) is 0 Å². The third-order valence-corrected chi connectivity index (χ3v) is 6.36. The standard InChI is InChI=1S/C22H21ClN4O2S/c1-2-15-5-3-4-6-18(15)27-13-16(12-20(27)29)21-25-26-22(30-21)24-19(28)11-14-7-9-17(23)10-8-14/h3-10,16H,2,11-13H2,1H3,(H,24,26,28). The molecule has 4 rings (SSSR count). The maximum absolute atomic E-state index is 12.6. The highest BCUT2D eigenvalue weighted by atomic mass is 35.5. The van der Waals surface area contributed by atoms with Crippen molar-refractivity contribution in [2.45, 2.75) is 32.1 Å². The number of amides is 2. The van der Waals surface area contributed by atoms with Crippen LogP contribution in [0.15, 0.2) is 48.5 Å². The molecule has 30 heavy (non-hydrogen) atoms. The van der Waals surface area contributed by atoms with Crippen molar-refractivity contribution in [2.24, 2.45) is 0 Å². The SMILES string of the molecule is CCc1ccccc1N1CC(c2nnc(NC(=O)Cc3ccc(Cl)cc3)s2)CC1=O. The predicted octanol–water partition coefficient (Wildman–Crippen LogP) is 4.46. The second kappa shape index (κ2) is 8.93. The first-order chi connectivity index (χ1) is 14.5. The van der Waals surface area contributed by atoms with Gasteiger partial charge in [-0.25, -0.2) is 0 Å². The van der Waals surface area contributed by atoms with E-state index in [1.165, 1.54) is 11.3 Å². The molecular weight excluding hydrogens is 420 g/mol. The average molecular weight is 441 g/mol. The molecule has 1 saturated heterocycles. The maximum atomic E-state index is 12.6. The van der Waals surface area contributed by atoms with E-state index in [4.69, 9.17) is 11.6 Å². The number of rotatable bonds is 6. The molecule has 1 aliphatic heterocycles. The lowest BCUT2D eigenvalue weighted by Crippen LogP contribution is -2.25. The van der Waals surface area contributed by atoms with Crippen molar-refractivity contribution in [3.05, 3.63) is 69.7 Å². The van der Waals surface area contributed by atoms with E-state index >= 15 is 0 Å². The van der Waals surface area contributed by atoms with Gasteiger partial charge in [-0.05, 0) is 35.7 Å². The van der Waals surface area contributed by atoms with Gasteiger partial charge in [-0.3, -0.25) is 9.59 Å². The zero-order chi connectivity index (χ0) is 21.1. The number of carbonyl (C=O) groups excluding carboxylic acids is 2. The summed E-state index contributed by atoms with van der Waals surface area (Å²) in [6.45, 7) is 2.66. The van der Waals surface area contributed by atoms with E-state index < -0.39 is 0 Å². The van der Waals surface area contributed by atoms with Gasteiger partial charge in [0.2, 0.25) is 16.9 Å². The van der Waals surface area contributed by atoms with Gasteiger partial charge in [0.05, 0.1) is 6.42 Å². The Morgan fingerprint density at radius 1 is 1.20 bits per heavy atom. The van der Waals surface area contributed by atoms with Gasteiger partial charge in [0.15, 0.2) is 0 Å². The lowest BCUT2D eigenvalue weighted by molar-refractivity contribution is -0.117. The molecule has 1 fully saturated rings. The van der Waals surface area contributed by atoms with E-state index in [1.54, 1.807) is 12.1 Å². The number of nitrogens with one attached hydrogen (secondary N) is 1. The number of anilines is 2. The minimum Gasteiger partial charge on any atom is -0.311 e. The van der Waals surface area contributed by atoms with E-state index in [0.29, 0.717) is 23.1 Å². The van der Waals surface area contributed by atoms with Crippen molar-refractivity contribution < 1.29 is 9.59 Å². The van der Waals surface area contributed by atoms with Crippen LogP contribution in [-0.2, 0) is 22.4 Å². The van der Waals surface area contributed by atoms with E-state index in [1.807, 2.05) is 35.2 Å². The molecule has 0 bridgehead atoms. The first kappa shape index (κ1) is 20.5. The molecule has 2 heterocycles. The summed E-state index contributed by atoms with van der Waals surface area (Å²) in [4.78, 5) is 26.8. The first-order valence-corrected chi connectivity index (χ1v) is 11.0. The second-order valence-electron chi connectivity index (χ2n) is 7.18. The molecule has 8 heteroatoms. The predicted molar refractivity (Wildman–Crippen MR) is 119 cm³/mol. The third kappa shape index (κ3) is 4.52. The Labute approximate surface area is 183 Å². The van der Waals surface area contributed by atoms with Gasteiger partial charge in [0, 0.05) is 29.6 Å². The lowest BCUT2D eigenvalue weighted by atomic mass is 10.1. The Balaban J connectivity index is 1.41. The van der Waals surface area contributed by atoms with Crippen molar-refractivity contribution in [3.63, 3.8) is 0 Å². The lowest BCUT2D eigenvalue weighted by Gasteiger charge is -2.19. The number of halogens is 1. The van der Waals surface area contributed by atoms with Crippen LogP contribution in [0, 0.1) is 0 Å². The van der Waals surface area contributed by atoms with Crippen LogP contribution >= 0.6 is 22.9 Å². The molecule has 0 aliphatic carbocycles. The van der Waals surface area contributed by atoms with Crippen molar-refractivity contribution >= 4 is 45.6 Å². The minimum absolute atomic E-state index is 0.0261. The molecule has 1 aliphatic rings. The van der Waals surface area contributed by atoms with E-state index in [-0.39, 0.29) is 24.2 Å². The van der Waals surface area contributed by atoms with E-state index in [9.17, 15) is 9.59 Å². The molecule has 3 aromatic rings. The molecule has 1 N–H and O–H groups in total. The highest BCUT2D eigenvalue weighted by molar-refractivity contribution is 7.15. The van der Waals surface area contributed by atoms with Gasteiger partial charge in [-0.2, -0.15) is 0 Å². The summed E-state index contributed by atoms with van der Waals surface area (Å²) < 4.78 is 0. The van der Waals surface area contributed by atoms with Crippen molar-refractivity contribution in [1.29, 1.82) is 0 Å². The second-order valence-corrected chi connectivity index (χ2v) is 8.63. The molecule has 1 atom stereocenters. The van der Waals surface area contributed by atoms with E-state index in [2.05, 4.69) is 28.5 Å². The highest BCUT2D eigenvalue weighted by Gasteiger charge is 2.34. The van der Waals surface area contributed by atoms with Gasteiger partial charge >= 0.3 is 0 Å². The maximum Gasteiger partial charge on any atom is 0.230 e. The fourth-order valence-electron chi connectivity index (χ4n) is 3.58. The smallest absolute Gasteiger partial charge is 0.230 e. The molecular formula is C22H21ClN4O2S. The summed E-state index contributed by atoms with van der Waals surface area (Å²) in [6, 6.07) is 15.1. The number of hydrogen-bond donors (Lipinski definition) is 1. The van der Waals surface area contributed by atoms with Crippen LogP contribution in [0.2, 0.25) is 5.02 Å². The molecule has 1 aromatic heterocycles. The van der Waals surface area contributed by atoms with Crippen molar-refractivity contribution in [3.8, 4) is 0 Å². The molecule has 6 nitrogen and oxygen atoms in total. The fourth-order valence-corrected chi connectivity index (χ4v) is 4.56. The number of hydrogen-bond acceptors (Lipinski definition) is 5. The highest BCUT2D eigenvalue weighted by Crippen LogP contribution is 2.35. The fraction of sp³-hybridized carbons (Fsp3) is 0.273. The molecule has 0 spiro atoms. The van der Waals surface area contributed by atoms with Gasteiger partial charge in [-0.15, -0.1) is 10.2 Å². The summed E-state index contributed by atoms with van der Waals surface area (Å²) in [7, 11) is 0. The van der Waals surface area contributed by atoms with Crippen LogP contribution < -0.4 is 10.2 Å². The Bertz CT molecular complexity index is 1070. The van der Waals surface area contributed by atoms with Gasteiger partial charge < -0.3 is 10.2 Å². The largest absolute Gasteiger partial charge is 0.311 e. The molecule has 2 aromatic carbocycles. The topological polar surface area (TPSA) is 75.2 Å². The Morgan fingerprint density at radius 2 is 1.97 bits per heavy atom. The average Bonchev–Trinajstić information content (AvgIpc) is 3.36. The molecule has 154 valence electrons. The summed E-state index contributed by atoms with van der Waals surface area (Å²) in [5.41, 5.74) is 2.99. The van der Waals surface area contributed by atoms with Crippen molar-refractivity contribution in [1.82, 2.24) is 10.2 Å². The number of benzene rings is 2. The summed E-state index contributed by atoms with van der Waals surface area (Å²) in [6.07, 6.45) is 1.49. The number of aryl methyl sites for hydroxylation is 1. The number of nitrogens with zero attached hydrogens (tertiary/aromatic N) is 3. The van der Waals surface area contributed by atoms with Crippen LogP contribution in [0.1, 0.15) is 35.4 Å². The zero-order valence-electron chi connectivity index (χ0n) is 16.5. The minimum atomic E-state index is -0.166. The Hall–Kier alpha value is -2.77. The summed E-state index contributed by atoms with van der Waals surface area (Å²) in [5, 5.41) is 13.0. The zero-order valence-corrected chi connectivity index (χ0v) is 18.0. The van der Waals surface area contributed by atoms with Crippen LogP contribution in [-0.4, -0.2) is 28.6 Å². The Kier molecular flexibility index (Phi) is 6.11. The van der Waals surface area contributed by atoms with Gasteiger partial charge in [-0.1, -0.05) is 60.2 Å². The normalized spacial score (nSPS) is 16.1. The third-order valence-electron chi connectivity index (χ3n) is 5.10. The molecule has 2 amide bonds. The molecule has 1 unspecified atom stereocenters. The van der Waals surface area contributed by atoms with E-state index in [0.717, 1.165) is 28.2 Å². The summed E-state index contributed by atoms with van der Waals surface area (Å²) >= 11 is 7.20. The molecule has 0 saturated carbocycles. The Morgan fingerprint density at radius 3 is 2.73 bits per heavy atom. The summed E-state index contributed by atoms with van der Waals surface area (Å²) in [5.74, 6) is -0.104.